The molecule has 4 nitrogen and oxygen atoms in total. The van der Waals surface area contributed by atoms with Crippen molar-refractivity contribution in [1.82, 2.24) is 10.3 Å². The number of ether oxygens (including phenoxy) is 1. The van der Waals surface area contributed by atoms with Gasteiger partial charge in [0.2, 0.25) is 5.89 Å². The molecule has 0 aliphatic carbocycles. The monoisotopic (exact) mass is 226 g/mol. The van der Waals surface area contributed by atoms with Gasteiger partial charge in [-0.05, 0) is 34.6 Å². The average Bonchev–Trinajstić information content (AvgIpc) is 2.45. The van der Waals surface area contributed by atoms with Gasteiger partial charge in [-0.15, -0.1) is 0 Å². The smallest absolute Gasteiger partial charge is 0.208 e. The summed E-state index contributed by atoms with van der Waals surface area (Å²) in [5, 5.41) is 3.29. The maximum atomic E-state index is 5.58. The molecule has 1 aromatic rings. The lowest BCUT2D eigenvalue weighted by Gasteiger charge is -2.24. The quantitative estimate of drug-likeness (QED) is 0.807. The second-order valence-electron chi connectivity index (χ2n) is 4.55. The molecule has 0 aliphatic heterocycles. The molecule has 0 atom stereocenters. The molecule has 0 aromatic carbocycles. The molecule has 4 heteroatoms. The van der Waals surface area contributed by atoms with Crippen LogP contribution in [-0.2, 0) is 11.3 Å². The van der Waals surface area contributed by atoms with E-state index in [-0.39, 0.29) is 5.60 Å². The SMILES string of the molecule is CCOC(C)(C)CNCc1nc(C)c(C)o1. The van der Waals surface area contributed by atoms with E-state index in [0.29, 0.717) is 6.54 Å². The molecule has 1 heterocycles. The van der Waals surface area contributed by atoms with E-state index in [2.05, 4.69) is 24.1 Å². The van der Waals surface area contributed by atoms with Gasteiger partial charge in [0.25, 0.3) is 0 Å². The van der Waals surface area contributed by atoms with Gasteiger partial charge in [0.1, 0.15) is 5.76 Å². The molecule has 92 valence electrons. The van der Waals surface area contributed by atoms with Crippen molar-refractivity contribution in [2.75, 3.05) is 13.2 Å². The zero-order valence-electron chi connectivity index (χ0n) is 10.9. The normalized spacial score (nSPS) is 12.1. The highest BCUT2D eigenvalue weighted by atomic mass is 16.5. The maximum Gasteiger partial charge on any atom is 0.208 e. The molecule has 0 bridgehead atoms. The minimum Gasteiger partial charge on any atom is -0.444 e. The van der Waals surface area contributed by atoms with Crippen molar-refractivity contribution in [3.63, 3.8) is 0 Å². The lowest BCUT2D eigenvalue weighted by molar-refractivity contribution is -0.00926. The minimum atomic E-state index is -0.147. The van der Waals surface area contributed by atoms with Crippen LogP contribution in [0.1, 0.15) is 38.1 Å². The Morgan fingerprint density at radius 2 is 2.06 bits per heavy atom. The molecular weight excluding hydrogens is 204 g/mol. The van der Waals surface area contributed by atoms with Crippen molar-refractivity contribution in [1.29, 1.82) is 0 Å². The Labute approximate surface area is 97.4 Å². The van der Waals surface area contributed by atoms with Gasteiger partial charge in [-0.3, -0.25) is 0 Å². The van der Waals surface area contributed by atoms with Crippen molar-refractivity contribution in [2.45, 2.75) is 46.8 Å². The van der Waals surface area contributed by atoms with E-state index in [9.17, 15) is 0 Å². The summed E-state index contributed by atoms with van der Waals surface area (Å²) in [6.07, 6.45) is 0. The molecule has 0 saturated carbocycles. The molecule has 0 fully saturated rings. The molecule has 0 spiro atoms. The Balaban J connectivity index is 2.35. The number of nitrogens with one attached hydrogen (secondary N) is 1. The number of aromatic nitrogens is 1. The van der Waals surface area contributed by atoms with E-state index < -0.39 is 0 Å². The Kier molecular flexibility index (Phi) is 4.50. The van der Waals surface area contributed by atoms with Crippen molar-refractivity contribution in [2.24, 2.45) is 0 Å². The van der Waals surface area contributed by atoms with E-state index in [4.69, 9.17) is 9.15 Å². The fourth-order valence-corrected chi connectivity index (χ4v) is 1.53. The molecule has 0 saturated heterocycles. The van der Waals surface area contributed by atoms with Crippen molar-refractivity contribution < 1.29 is 9.15 Å². The first-order valence-electron chi connectivity index (χ1n) is 5.72. The molecule has 1 aromatic heterocycles. The summed E-state index contributed by atoms with van der Waals surface area (Å²) < 4.78 is 11.1. The summed E-state index contributed by atoms with van der Waals surface area (Å²) >= 11 is 0. The van der Waals surface area contributed by atoms with Crippen molar-refractivity contribution in [3.8, 4) is 0 Å². The Hall–Kier alpha value is -0.870. The van der Waals surface area contributed by atoms with Gasteiger partial charge >= 0.3 is 0 Å². The van der Waals surface area contributed by atoms with Crippen LogP contribution in [0.25, 0.3) is 0 Å². The Bertz CT molecular complexity index is 312. The van der Waals surface area contributed by atoms with Gasteiger partial charge in [-0.25, -0.2) is 4.98 Å². The average molecular weight is 226 g/mol. The summed E-state index contributed by atoms with van der Waals surface area (Å²) in [7, 11) is 0. The van der Waals surface area contributed by atoms with Gasteiger partial charge < -0.3 is 14.5 Å². The van der Waals surface area contributed by atoms with Crippen molar-refractivity contribution in [3.05, 3.63) is 17.3 Å². The highest BCUT2D eigenvalue weighted by molar-refractivity contribution is 5.05. The third-order valence-electron chi connectivity index (χ3n) is 2.43. The molecule has 0 aliphatic rings. The highest BCUT2D eigenvalue weighted by Gasteiger charge is 2.17. The topological polar surface area (TPSA) is 47.3 Å². The summed E-state index contributed by atoms with van der Waals surface area (Å²) in [6.45, 7) is 12.2. The standard InChI is InChI=1S/C12H22N2O2/c1-6-15-12(4,5)8-13-7-11-14-9(2)10(3)16-11/h13H,6-8H2,1-5H3. The number of nitrogens with zero attached hydrogens (tertiary/aromatic N) is 1. The number of rotatable bonds is 6. The van der Waals surface area contributed by atoms with Crippen molar-refractivity contribution >= 4 is 0 Å². The predicted octanol–water partition coefficient (Wildman–Crippen LogP) is 2.20. The third kappa shape index (κ3) is 3.94. The Morgan fingerprint density at radius 3 is 2.56 bits per heavy atom. The van der Waals surface area contributed by atoms with Crippen LogP contribution in [-0.4, -0.2) is 23.7 Å². The zero-order valence-corrected chi connectivity index (χ0v) is 10.9. The van der Waals surface area contributed by atoms with E-state index in [0.717, 1.165) is 30.5 Å². The largest absolute Gasteiger partial charge is 0.444 e. The third-order valence-corrected chi connectivity index (χ3v) is 2.43. The molecule has 16 heavy (non-hydrogen) atoms. The molecule has 1 rings (SSSR count). The first kappa shape index (κ1) is 13.2. The minimum absolute atomic E-state index is 0.147. The predicted molar refractivity (Wildman–Crippen MR) is 63.4 cm³/mol. The first-order valence-corrected chi connectivity index (χ1v) is 5.72. The summed E-state index contributed by atoms with van der Waals surface area (Å²) in [4.78, 5) is 4.31. The number of aryl methyl sites for hydroxylation is 2. The van der Waals surface area contributed by atoms with E-state index in [1.54, 1.807) is 0 Å². The molecule has 1 N–H and O–H groups in total. The van der Waals surface area contributed by atoms with Gasteiger partial charge in [0.15, 0.2) is 0 Å². The maximum absolute atomic E-state index is 5.58. The lowest BCUT2D eigenvalue weighted by atomic mass is 10.1. The fourth-order valence-electron chi connectivity index (χ4n) is 1.53. The fraction of sp³-hybridized carbons (Fsp3) is 0.750. The van der Waals surface area contributed by atoms with E-state index in [1.165, 1.54) is 0 Å². The van der Waals surface area contributed by atoms with Gasteiger partial charge in [0, 0.05) is 13.2 Å². The van der Waals surface area contributed by atoms with Crippen LogP contribution in [0.15, 0.2) is 4.42 Å². The first-order chi connectivity index (χ1) is 7.44. The summed E-state index contributed by atoms with van der Waals surface area (Å²) in [6, 6.07) is 0. The number of hydrogen-bond donors (Lipinski definition) is 1. The van der Waals surface area contributed by atoms with Crippen LogP contribution in [0.5, 0.6) is 0 Å². The molecule has 0 unspecified atom stereocenters. The molecule has 0 radical (unpaired) electrons. The van der Waals surface area contributed by atoms with Gasteiger partial charge in [-0.2, -0.15) is 0 Å². The second kappa shape index (κ2) is 5.46. The summed E-state index contributed by atoms with van der Waals surface area (Å²) in [5.41, 5.74) is 0.812. The zero-order chi connectivity index (χ0) is 12.2. The number of oxazole rings is 1. The van der Waals surface area contributed by atoms with E-state index in [1.807, 2.05) is 20.8 Å². The second-order valence-corrected chi connectivity index (χ2v) is 4.55. The van der Waals surface area contributed by atoms with E-state index >= 15 is 0 Å². The number of hydrogen-bond acceptors (Lipinski definition) is 4. The molecular formula is C12H22N2O2. The van der Waals surface area contributed by atoms with Crippen LogP contribution in [0, 0.1) is 13.8 Å². The highest BCUT2D eigenvalue weighted by Crippen LogP contribution is 2.09. The summed E-state index contributed by atoms with van der Waals surface area (Å²) in [5.74, 6) is 1.63. The van der Waals surface area contributed by atoms with Crippen LogP contribution in [0.3, 0.4) is 0 Å². The van der Waals surface area contributed by atoms with Crippen LogP contribution >= 0.6 is 0 Å². The lowest BCUT2D eigenvalue weighted by Crippen LogP contribution is -2.37. The van der Waals surface area contributed by atoms with Crippen LogP contribution in [0.4, 0.5) is 0 Å². The Morgan fingerprint density at radius 1 is 1.38 bits per heavy atom. The molecule has 0 amide bonds. The van der Waals surface area contributed by atoms with Gasteiger partial charge in [0.05, 0.1) is 17.8 Å². The van der Waals surface area contributed by atoms with Crippen LogP contribution < -0.4 is 5.32 Å². The van der Waals surface area contributed by atoms with Crippen LogP contribution in [0.2, 0.25) is 0 Å². The van der Waals surface area contributed by atoms with Gasteiger partial charge in [-0.1, -0.05) is 0 Å².